The van der Waals surface area contributed by atoms with Gasteiger partial charge in [0.05, 0.1) is 4.47 Å². The molecule has 0 bridgehead atoms. The summed E-state index contributed by atoms with van der Waals surface area (Å²) < 4.78 is 13.6. The summed E-state index contributed by atoms with van der Waals surface area (Å²) in [6, 6.07) is 5.01. The van der Waals surface area contributed by atoms with Gasteiger partial charge < -0.3 is 5.11 Å². The van der Waals surface area contributed by atoms with Crippen molar-refractivity contribution >= 4 is 15.9 Å². The largest absolute Gasteiger partial charge is 0.396 e. The molecule has 0 amide bonds. The molecule has 1 nitrogen and oxygen atoms in total. The quantitative estimate of drug-likeness (QED) is 0.894. The Kier molecular flexibility index (Phi) is 4.51. The van der Waals surface area contributed by atoms with Gasteiger partial charge >= 0.3 is 0 Å². The molecular weight excluding hydrogens is 271 g/mol. The van der Waals surface area contributed by atoms with E-state index in [9.17, 15) is 9.50 Å². The average Bonchev–Trinajstić information content (AvgIpc) is 2.23. The zero-order valence-electron chi connectivity index (χ0n) is 9.93. The van der Waals surface area contributed by atoms with Crippen molar-refractivity contribution in [2.24, 2.45) is 11.3 Å². The van der Waals surface area contributed by atoms with E-state index in [1.54, 1.807) is 12.1 Å². The number of rotatable bonds is 4. The van der Waals surface area contributed by atoms with Crippen LogP contribution in [0, 0.1) is 17.2 Å². The van der Waals surface area contributed by atoms with E-state index in [2.05, 4.69) is 36.7 Å². The minimum absolute atomic E-state index is 0.139. The van der Waals surface area contributed by atoms with Crippen LogP contribution >= 0.6 is 15.9 Å². The van der Waals surface area contributed by atoms with Gasteiger partial charge in [-0.15, -0.1) is 0 Å². The highest BCUT2D eigenvalue weighted by molar-refractivity contribution is 9.10. The van der Waals surface area contributed by atoms with E-state index < -0.39 is 0 Å². The van der Waals surface area contributed by atoms with Gasteiger partial charge in [0.25, 0.3) is 0 Å². The number of aliphatic hydroxyl groups is 1. The Hall–Kier alpha value is -0.410. The Balaban J connectivity index is 2.90. The third-order valence-electron chi connectivity index (χ3n) is 3.35. The van der Waals surface area contributed by atoms with Crippen molar-refractivity contribution < 1.29 is 9.50 Å². The van der Waals surface area contributed by atoms with E-state index in [0.29, 0.717) is 10.4 Å². The van der Waals surface area contributed by atoms with E-state index in [1.807, 2.05) is 0 Å². The fourth-order valence-corrected chi connectivity index (χ4v) is 1.98. The molecule has 3 heteroatoms. The van der Waals surface area contributed by atoms with Crippen LogP contribution in [-0.4, -0.2) is 11.7 Å². The summed E-state index contributed by atoms with van der Waals surface area (Å²) in [5.41, 5.74) is 0.885. The van der Waals surface area contributed by atoms with Gasteiger partial charge in [0.2, 0.25) is 0 Å². The normalized spacial score (nSPS) is 15.2. The molecular formula is C13H18BrFO. The van der Waals surface area contributed by atoms with Gasteiger partial charge in [0, 0.05) is 6.61 Å². The monoisotopic (exact) mass is 288 g/mol. The van der Waals surface area contributed by atoms with Crippen LogP contribution in [0.2, 0.25) is 0 Å². The Labute approximate surface area is 105 Å². The van der Waals surface area contributed by atoms with E-state index in [1.165, 1.54) is 6.07 Å². The van der Waals surface area contributed by atoms with Crippen molar-refractivity contribution in [3.05, 3.63) is 34.1 Å². The Morgan fingerprint density at radius 3 is 2.50 bits per heavy atom. The van der Waals surface area contributed by atoms with E-state index in [-0.39, 0.29) is 17.8 Å². The van der Waals surface area contributed by atoms with Crippen LogP contribution in [0.25, 0.3) is 0 Å². The highest BCUT2D eigenvalue weighted by Crippen LogP contribution is 2.31. The third-order valence-corrected chi connectivity index (χ3v) is 3.95. The molecule has 1 N–H and O–H groups in total. The van der Waals surface area contributed by atoms with Gasteiger partial charge in [0.1, 0.15) is 5.82 Å². The van der Waals surface area contributed by atoms with Crippen molar-refractivity contribution in [3.8, 4) is 0 Å². The predicted molar refractivity (Wildman–Crippen MR) is 67.8 cm³/mol. The smallest absolute Gasteiger partial charge is 0.137 e. The Bertz CT molecular complexity index is 365. The first-order valence-electron chi connectivity index (χ1n) is 5.44. The summed E-state index contributed by atoms with van der Waals surface area (Å²) in [6.07, 6.45) is 0.750. The molecule has 0 aromatic heterocycles. The zero-order chi connectivity index (χ0) is 12.3. The Morgan fingerprint density at radius 2 is 2.06 bits per heavy atom. The molecule has 0 saturated heterocycles. The minimum atomic E-state index is -0.251. The average molecular weight is 289 g/mol. The van der Waals surface area contributed by atoms with Gasteiger partial charge in [-0.05, 0) is 51.4 Å². The fourth-order valence-electron chi connectivity index (χ4n) is 1.56. The molecule has 0 fully saturated rings. The summed E-state index contributed by atoms with van der Waals surface area (Å²) in [4.78, 5) is 0. The summed E-state index contributed by atoms with van der Waals surface area (Å²) in [7, 11) is 0. The molecule has 0 heterocycles. The number of aliphatic hydroxyl groups excluding tert-OH is 1. The van der Waals surface area contributed by atoms with Crippen molar-refractivity contribution in [1.29, 1.82) is 0 Å². The lowest BCUT2D eigenvalue weighted by atomic mass is 9.75. The Morgan fingerprint density at radius 1 is 1.44 bits per heavy atom. The fraction of sp³-hybridized carbons (Fsp3) is 0.538. The molecule has 1 rings (SSSR count). The van der Waals surface area contributed by atoms with Crippen LogP contribution in [0.5, 0.6) is 0 Å². The summed E-state index contributed by atoms with van der Waals surface area (Å²) >= 11 is 3.18. The van der Waals surface area contributed by atoms with Crippen molar-refractivity contribution in [3.63, 3.8) is 0 Å². The molecule has 1 aromatic rings. The lowest BCUT2D eigenvalue weighted by Crippen LogP contribution is -2.30. The molecule has 0 saturated carbocycles. The third kappa shape index (κ3) is 3.05. The van der Waals surface area contributed by atoms with Gasteiger partial charge in [-0.1, -0.05) is 26.8 Å². The van der Waals surface area contributed by atoms with Crippen LogP contribution in [0.15, 0.2) is 22.7 Å². The van der Waals surface area contributed by atoms with Gasteiger partial charge in [0.15, 0.2) is 0 Å². The molecule has 1 aromatic carbocycles. The molecule has 0 aliphatic carbocycles. The van der Waals surface area contributed by atoms with Crippen molar-refractivity contribution in [2.45, 2.75) is 27.2 Å². The summed E-state index contributed by atoms with van der Waals surface area (Å²) in [5.74, 6) is 0.125. The molecule has 0 radical (unpaired) electrons. The lowest BCUT2D eigenvalue weighted by Gasteiger charge is -2.31. The number of halogens is 2. The van der Waals surface area contributed by atoms with Gasteiger partial charge in [-0.3, -0.25) is 0 Å². The molecule has 1 atom stereocenters. The topological polar surface area (TPSA) is 20.2 Å². The maximum absolute atomic E-state index is 13.1. The van der Waals surface area contributed by atoms with Crippen LogP contribution < -0.4 is 0 Å². The molecule has 90 valence electrons. The van der Waals surface area contributed by atoms with E-state index in [4.69, 9.17) is 0 Å². The zero-order valence-corrected chi connectivity index (χ0v) is 11.5. The van der Waals surface area contributed by atoms with Crippen LogP contribution in [0.1, 0.15) is 26.3 Å². The standard InChI is InChI=1S/C13H18BrFO/c1-9(2)13(3,8-16)7-10-4-5-12(15)11(14)6-10/h4-6,9,16H,7-8H2,1-3H3. The van der Waals surface area contributed by atoms with E-state index >= 15 is 0 Å². The van der Waals surface area contributed by atoms with Crippen molar-refractivity contribution in [2.75, 3.05) is 6.61 Å². The number of hydrogen-bond donors (Lipinski definition) is 1. The maximum atomic E-state index is 13.1. The first kappa shape index (κ1) is 13.7. The molecule has 1 unspecified atom stereocenters. The van der Waals surface area contributed by atoms with Gasteiger partial charge in [-0.2, -0.15) is 0 Å². The first-order valence-corrected chi connectivity index (χ1v) is 6.23. The summed E-state index contributed by atoms with van der Waals surface area (Å²) in [5, 5.41) is 9.46. The van der Waals surface area contributed by atoms with Crippen LogP contribution in [0.4, 0.5) is 4.39 Å². The molecule has 0 aliphatic rings. The second-order valence-corrected chi connectivity index (χ2v) is 5.75. The minimum Gasteiger partial charge on any atom is -0.396 e. The van der Waals surface area contributed by atoms with Crippen molar-refractivity contribution in [1.82, 2.24) is 0 Å². The molecule has 0 aliphatic heterocycles. The van der Waals surface area contributed by atoms with Crippen LogP contribution in [-0.2, 0) is 6.42 Å². The molecule has 0 spiro atoms. The highest BCUT2D eigenvalue weighted by Gasteiger charge is 2.27. The first-order chi connectivity index (χ1) is 7.39. The summed E-state index contributed by atoms with van der Waals surface area (Å²) in [6.45, 7) is 6.37. The maximum Gasteiger partial charge on any atom is 0.137 e. The SMILES string of the molecule is CC(C)C(C)(CO)Cc1ccc(F)c(Br)c1. The number of hydrogen-bond acceptors (Lipinski definition) is 1. The number of benzene rings is 1. The van der Waals surface area contributed by atoms with Crippen LogP contribution in [0.3, 0.4) is 0 Å². The molecule has 16 heavy (non-hydrogen) atoms. The van der Waals surface area contributed by atoms with Gasteiger partial charge in [-0.25, -0.2) is 4.39 Å². The second-order valence-electron chi connectivity index (χ2n) is 4.89. The second kappa shape index (κ2) is 5.28. The predicted octanol–water partition coefficient (Wildman–Crippen LogP) is 3.79. The lowest BCUT2D eigenvalue weighted by molar-refractivity contribution is 0.0947. The van der Waals surface area contributed by atoms with E-state index in [0.717, 1.165) is 12.0 Å². The highest BCUT2D eigenvalue weighted by atomic mass is 79.9.